The van der Waals surface area contributed by atoms with Crippen LogP contribution in [0.15, 0.2) is 91.0 Å². The molecular weight excluding hydrogens is 516 g/mol. The summed E-state index contributed by atoms with van der Waals surface area (Å²) >= 11 is 1.18. The molecule has 0 amide bonds. The van der Waals surface area contributed by atoms with E-state index >= 15 is 0 Å². The molecule has 1 saturated heterocycles. The van der Waals surface area contributed by atoms with Gasteiger partial charge in [-0.05, 0) is 22.4 Å². The van der Waals surface area contributed by atoms with Crippen LogP contribution < -0.4 is 0 Å². The van der Waals surface area contributed by atoms with Crippen LogP contribution in [0.1, 0.15) is 23.6 Å². The third-order valence-electron chi connectivity index (χ3n) is 6.51. The number of aliphatic hydroxyl groups is 1. The molecule has 0 bridgehead atoms. The summed E-state index contributed by atoms with van der Waals surface area (Å²) in [5.74, 6) is -0.172. The van der Waals surface area contributed by atoms with Crippen LogP contribution in [0.2, 0.25) is 0 Å². The second-order valence-corrected chi connectivity index (χ2v) is 10.7. The highest BCUT2D eigenvalue weighted by atomic mass is 32.2. The van der Waals surface area contributed by atoms with Gasteiger partial charge in [0.2, 0.25) is 4.93 Å². The zero-order chi connectivity index (χ0) is 27.5. The molecule has 0 aromatic heterocycles. The summed E-state index contributed by atoms with van der Waals surface area (Å²) in [6.45, 7) is 2.86. The summed E-state index contributed by atoms with van der Waals surface area (Å²) in [4.78, 5) is 11.5. The Labute approximate surface area is 234 Å². The van der Waals surface area contributed by atoms with E-state index in [1.165, 1.54) is 18.9 Å². The van der Waals surface area contributed by atoms with Crippen LogP contribution in [-0.4, -0.2) is 59.9 Å². The number of ether oxygens (including phenoxy) is 5. The maximum atomic E-state index is 13.2. The van der Waals surface area contributed by atoms with Crippen molar-refractivity contribution in [3.63, 3.8) is 0 Å². The standard InChI is InChI=1S/C31H36O7S/c1-3-39-31(30(33)34-2)29(32)28(37-21-25-17-11-6-12-18-25)27(36-20-24-15-9-5-10-16-24)26(38-31)22-35-19-23-13-7-4-8-14-23/h4-18,26-29,32H,3,19-22H2,1-2H3/t26-,27-,28+,29-,31+/m1/s1. The number of thioether (sulfide) groups is 1. The highest BCUT2D eigenvalue weighted by Crippen LogP contribution is 2.42. The number of hydrogen-bond acceptors (Lipinski definition) is 8. The lowest BCUT2D eigenvalue weighted by atomic mass is 9.93. The first kappa shape index (κ1) is 29.3. The van der Waals surface area contributed by atoms with E-state index in [0.717, 1.165) is 16.7 Å². The van der Waals surface area contributed by atoms with E-state index in [-0.39, 0.29) is 19.8 Å². The van der Waals surface area contributed by atoms with Gasteiger partial charge in [-0.15, -0.1) is 11.8 Å². The van der Waals surface area contributed by atoms with Crippen molar-refractivity contribution in [1.29, 1.82) is 0 Å². The minimum Gasteiger partial charge on any atom is -0.466 e. The summed E-state index contributed by atoms with van der Waals surface area (Å²) in [5.41, 5.74) is 2.90. The molecule has 0 radical (unpaired) electrons. The zero-order valence-electron chi connectivity index (χ0n) is 22.3. The van der Waals surface area contributed by atoms with Crippen molar-refractivity contribution in [2.24, 2.45) is 0 Å². The van der Waals surface area contributed by atoms with Gasteiger partial charge in [-0.3, -0.25) is 0 Å². The van der Waals surface area contributed by atoms with Gasteiger partial charge in [0.25, 0.3) is 0 Å². The molecule has 208 valence electrons. The summed E-state index contributed by atoms with van der Waals surface area (Å²) in [5, 5.41) is 11.7. The number of rotatable bonds is 13. The van der Waals surface area contributed by atoms with E-state index in [9.17, 15) is 9.90 Å². The molecule has 3 aromatic carbocycles. The zero-order valence-corrected chi connectivity index (χ0v) is 23.1. The Hall–Kier alpha value is -2.72. The van der Waals surface area contributed by atoms with E-state index in [1.807, 2.05) is 97.9 Å². The average molecular weight is 553 g/mol. The molecule has 8 heteroatoms. The Balaban J connectivity index is 1.63. The number of carbonyl (C=O) groups excluding carboxylic acids is 1. The van der Waals surface area contributed by atoms with E-state index in [1.54, 1.807) is 0 Å². The van der Waals surface area contributed by atoms with E-state index < -0.39 is 35.3 Å². The Morgan fingerprint density at radius 2 is 1.31 bits per heavy atom. The highest BCUT2D eigenvalue weighted by molar-refractivity contribution is 8.01. The normalized spacial score (nSPS) is 24.8. The largest absolute Gasteiger partial charge is 0.466 e. The van der Waals surface area contributed by atoms with Crippen molar-refractivity contribution in [3.8, 4) is 0 Å². The first-order valence-corrected chi connectivity index (χ1v) is 14.1. The average Bonchev–Trinajstić information content (AvgIpc) is 2.98. The molecule has 0 aliphatic carbocycles. The van der Waals surface area contributed by atoms with Crippen LogP contribution in [0.5, 0.6) is 0 Å². The van der Waals surface area contributed by atoms with Crippen molar-refractivity contribution < 1.29 is 33.6 Å². The quantitative estimate of drug-likeness (QED) is 0.304. The van der Waals surface area contributed by atoms with Crippen LogP contribution in [0.3, 0.4) is 0 Å². The third-order valence-corrected chi connectivity index (χ3v) is 7.73. The van der Waals surface area contributed by atoms with Crippen molar-refractivity contribution in [3.05, 3.63) is 108 Å². The molecule has 0 saturated carbocycles. The van der Waals surface area contributed by atoms with Crippen molar-refractivity contribution in [1.82, 2.24) is 0 Å². The molecule has 0 unspecified atom stereocenters. The minimum atomic E-state index is -1.70. The molecule has 1 heterocycles. The Morgan fingerprint density at radius 3 is 1.79 bits per heavy atom. The van der Waals surface area contributed by atoms with E-state index in [2.05, 4.69) is 0 Å². The van der Waals surface area contributed by atoms with Crippen LogP contribution in [0.4, 0.5) is 0 Å². The second kappa shape index (κ2) is 14.6. The predicted octanol–water partition coefficient (Wildman–Crippen LogP) is 4.76. The lowest BCUT2D eigenvalue weighted by Gasteiger charge is -2.49. The Kier molecular flexibility index (Phi) is 11.0. The maximum absolute atomic E-state index is 13.2. The molecule has 7 nitrogen and oxygen atoms in total. The maximum Gasteiger partial charge on any atom is 0.351 e. The smallest absolute Gasteiger partial charge is 0.351 e. The number of methoxy groups -OCH3 is 1. The first-order valence-electron chi connectivity index (χ1n) is 13.1. The summed E-state index contributed by atoms with van der Waals surface area (Å²) in [7, 11) is 1.29. The minimum absolute atomic E-state index is 0.120. The van der Waals surface area contributed by atoms with Crippen molar-refractivity contribution in [2.45, 2.75) is 56.1 Å². The van der Waals surface area contributed by atoms with Crippen LogP contribution in [0.25, 0.3) is 0 Å². The molecule has 5 atom stereocenters. The lowest BCUT2D eigenvalue weighted by Crippen LogP contribution is -2.68. The first-order chi connectivity index (χ1) is 19.1. The van der Waals surface area contributed by atoms with Gasteiger partial charge in [0.1, 0.15) is 24.4 Å². The van der Waals surface area contributed by atoms with Gasteiger partial charge in [-0.1, -0.05) is 97.9 Å². The van der Waals surface area contributed by atoms with Crippen LogP contribution in [0, 0.1) is 0 Å². The molecule has 39 heavy (non-hydrogen) atoms. The number of benzene rings is 3. The van der Waals surface area contributed by atoms with Gasteiger partial charge in [-0.25, -0.2) is 4.79 Å². The lowest BCUT2D eigenvalue weighted by molar-refractivity contribution is -0.271. The van der Waals surface area contributed by atoms with Gasteiger partial charge in [-0.2, -0.15) is 0 Å². The monoisotopic (exact) mass is 552 g/mol. The fourth-order valence-electron chi connectivity index (χ4n) is 4.59. The molecular formula is C31H36O7S. The van der Waals surface area contributed by atoms with Gasteiger partial charge in [0, 0.05) is 0 Å². The molecule has 1 aliphatic heterocycles. The van der Waals surface area contributed by atoms with Crippen LogP contribution >= 0.6 is 11.8 Å². The molecule has 4 rings (SSSR count). The van der Waals surface area contributed by atoms with Gasteiger partial charge >= 0.3 is 5.97 Å². The SMILES string of the molecule is CCS[C@@]1(C(=O)OC)O[C@H](COCc2ccccc2)[C@@H](OCc2ccccc2)[C@H](OCc2ccccc2)[C@H]1O. The number of aliphatic hydroxyl groups excluding tert-OH is 1. The summed E-state index contributed by atoms with van der Waals surface area (Å²) in [6, 6.07) is 29.2. The molecule has 0 spiro atoms. The fraction of sp³-hybridized carbons (Fsp3) is 0.387. The predicted molar refractivity (Wildman–Crippen MR) is 150 cm³/mol. The molecule has 1 N–H and O–H groups in total. The van der Waals surface area contributed by atoms with Gasteiger partial charge < -0.3 is 28.8 Å². The third kappa shape index (κ3) is 7.48. The fourth-order valence-corrected chi connectivity index (χ4v) is 5.72. The van der Waals surface area contributed by atoms with E-state index in [0.29, 0.717) is 12.4 Å². The molecule has 1 fully saturated rings. The van der Waals surface area contributed by atoms with Crippen molar-refractivity contribution in [2.75, 3.05) is 19.5 Å². The van der Waals surface area contributed by atoms with Gasteiger partial charge in [0.05, 0.1) is 33.5 Å². The molecule has 3 aromatic rings. The highest BCUT2D eigenvalue weighted by Gasteiger charge is 2.60. The topological polar surface area (TPSA) is 83.5 Å². The van der Waals surface area contributed by atoms with E-state index in [4.69, 9.17) is 23.7 Å². The van der Waals surface area contributed by atoms with Gasteiger partial charge in [0.15, 0.2) is 0 Å². The summed E-state index contributed by atoms with van der Waals surface area (Å²) in [6.07, 6.45) is -3.70. The number of esters is 1. The second-order valence-electron chi connectivity index (χ2n) is 9.22. The molecule has 1 aliphatic rings. The van der Waals surface area contributed by atoms with Crippen molar-refractivity contribution >= 4 is 17.7 Å². The Morgan fingerprint density at radius 1 is 0.821 bits per heavy atom. The number of hydrogen-bond donors (Lipinski definition) is 1. The van der Waals surface area contributed by atoms with Crippen LogP contribution in [-0.2, 0) is 48.3 Å². The number of carbonyl (C=O) groups is 1. The Bertz CT molecular complexity index is 1130. The summed E-state index contributed by atoms with van der Waals surface area (Å²) < 4.78 is 30.3.